The van der Waals surface area contributed by atoms with Crippen LogP contribution < -0.4 is 11.2 Å². The van der Waals surface area contributed by atoms with Crippen molar-refractivity contribution in [3.05, 3.63) is 44.5 Å². The van der Waals surface area contributed by atoms with Gasteiger partial charge in [0, 0.05) is 18.2 Å². The van der Waals surface area contributed by atoms with E-state index in [4.69, 9.17) is 4.74 Å². The predicted molar refractivity (Wildman–Crippen MR) is 75.5 cm³/mol. The van der Waals surface area contributed by atoms with E-state index in [1.807, 2.05) is 0 Å². The second-order valence-electron chi connectivity index (χ2n) is 5.42. The van der Waals surface area contributed by atoms with Crippen LogP contribution in [0.15, 0.2) is 22.0 Å². The highest BCUT2D eigenvalue weighted by molar-refractivity contribution is 5.02. The molecule has 0 aromatic carbocycles. The summed E-state index contributed by atoms with van der Waals surface area (Å²) in [5, 5.41) is 17.0. The van der Waals surface area contributed by atoms with Gasteiger partial charge in [-0.2, -0.15) is 0 Å². The van der Waals surface area contributed by atoms with Crippen molar-refractivity contribution in [1.29, 1.82) is 0 Å². The van der Waals surface area contributed by atoms with E-state index in [9.17, 15) is 19.1 Å². The van der Waals surface area contributed by atoms with E-state index >= 15 is 0 Å². The van der Waals surface area contributed by atoms with Crippen molar-refractivity contribution in [2.75, 3.05) is 6.61 Å². The summed E-state index contributed by atoms with van der Waals surface area (Å²) in [4.78, 5) is 25.6. The van der Waals surface area contributed by atoms with E-state index < -0.39 is 36.3 Å². The summed E-state index contributed by atoms with van der Waals surface area (Å²) in [6.07, 6.45) is 1.90. The topological polar surface area (TPSA) is 115 Å². The third kappa shape index (κ3) is 2.82. The summed E-state index contributed by atoms with van der Waals surface area (Å²) in [6.45, 7) is 0.554. The lowest BCUT2D eigenvalue weighted by atomic mass is 10.1. The molecule has 0 radical (unpaired) electrons. The summed E-state index contributed by atoms with van der Waals surface area (Å²) in [6, 6.07) is -0.392. The van der Waals surface area contributed by atoms with Crippen LogP contribution in [0.4, 0.5) is 4.39 Å². The van der Waals surface area contributed by atoms with Crippen LogP contribution in [0.5, 0.6) is 0 Å². The standard InChI is InChI=1S/C13H16FN5O4/c1-7-4-18(13(22)15-12(7)21)11-2-9(10(6-20)23-11)19-5-8(3-14)16-17-19/h4-5,9-11,20H,2-3,6H2,1H3,(H,15,21,22)/t9-,10+,11+/m0/s1. The number of aliphatic hydroxyl groups excluding tert-OH is 1. The maximum absolute atomic E-state index is 12.6. The fraction of sp³-hybridized carbons (Fsp3) is 0.538. The van der Waals surface area contributed by atoms with Crippen molar-refractivity contribution in [2.45, 2.75) is 38.4 Å². The lowest BCUT2D eigenvalue weighted by Crippen LogP contribution is -2.33. The number of hydrogen-bond donors (Lipinski definition) is 2. The minimum Gasteiger partial charge on any atom is -0.394 e. The van der Waals surface area contributed by atoms with Crippen molar-refractivity contribution in [3.63, 3.8) is 0 Å². The van der Waals surface area contributed by atoms with Gasteiger partial charge in [-0.1, -0.05) is 5.21 Å². The van der Waals surface area contributed by atoms with Gasteiger partial charge in [0.15, 0.2) is 0 Å². The molecule has 2 N–H and O–H groups in total. The van der Waals surface area contributed by atoms with Crippen molar-refractivity contribution < 1.29 is 14.2 Å². The Morgan fingerprint density at radius 2 is 2.26 bits per heavy atom. The Balaban J connectivity index is 1.91. The molecular weight excluding hydrogens is 309 g/mol. The molecule has 0 aliphatic carbocycles. The number of H-pyrrole nitrogens is 1. The van der Waals surface area contributed by atoms with Gasteiger partial charge in [0.2, 0.25) is 0 Å². The van der Waals surface area contributed by atoms with Gasteiger partial charge in [0.05, 0.1) is 18.8 Å². The summed E-state index contributed by atoms with van der Waals surface area (Å²) < 4.78 is 21.0. The molecule has 2 aromatic heterocycles. The summed E-state index contributed by atoms with van der Waals surface area (Å²) in [5.74, 6) is 0. The normalized spacial score (nSPS) is 24.2. The summed E-state index contributed by atoms with van der Waals surface area (Å²) in [7, 11) is 0. The molecule has 0 bridgehead atoms. The largest absolute Gasteiger partial charge is 0.394 e. The van der Waals surface area contributed by atoms with Crippen LogP contribution in [0.1, 0.15) is 29.9 Å². The fourth-order valence-electron chi connectivity index (χ4n) is 2.67. The van der Waals surface area contributed by atoms with Crippen LogP contribution in [0, 0.1) is 6.92 Å². The number of aliphatic hydroxyl groups is 1. The van der Waals surface area contributed by atoms with E-state index in [0.717, 1.165) is 0 Å². The zero-order valence-corrected chi connectivity index (χ0v) is 12.3. The monoisotopic (exact) mass is 325 g/mol. The number of alkyl halides is 1. The Kier molecular flexibility index (Phi) is 4.09. The molecule has 0 amide bonds. The predicted octanol–water partition coefficient (Wildman–Crippen LogP) is -0.573. The van der Waals surface area contributed by atoms with Crippen molar-refractivity contribution >= 4 is 0 Å². The lowest BCUT2D eigenvalue weighted by molar-refractivity contribution is -0.0323. The van der Waals surface area contributed by atoms with Crippen LogP contribution in [0.2, 0.25) is 0 Å². The highest BCUT2D eigenvalue weighted by atomic mass is 19.1. The van der Waals surface area contributed by atoms with Crippen LogP contribution in [-0.4, -0.2) is 42.4 Å². The van der Waals surface area contributed by atoms with Gasteiger partial charge in [-0.15, -0.1) is 5.10 Å². The summed E-state index contributed by atoms with van der Waals surface area (Å²) >= 11 is 0. The van der Waals surface area contributed by atoms with Crippen molar-refractivity contribution in [2.24, 2.45) is 0 Å². The van der Waals surface area contributed by atoms with Gasteiger partial charge in [0.25, 0.3) is 5.56 Å². The molecule has 1 aliphatic rings. The Bertz CT molecular complexity index is 813. The molecule has 1 aliphatic heterocycles. The van der Waals surface area contributed by atoms with Crippen molar-refractivity contribution in [3.8, 4) is 0 Å². The number of aromatic amines is 1. The SMILES string of the molecule is Cc1cn([C@H]2C[C@H](n3cc(CF)nn3)[C@@H](CO)O2)c(=O)[nH]c1=O. The molecule has 3 rings (SSSR count). The molecule has 0 spiro atoms. The molecule has 124 valence electrons. The molecule has 0 saturated carbocycles. The van der Waals surface area contributed by atoms with Gasteiger partial charge >= 0.3 is 5.69 Å². The Morgan fingerprint density at radius 3 is 2.91 bits per heavy atom. The average molecular weight is 325 g/mol. The van der Waals surface area contributed by atoms with Crippen LogP contribution in [-0.2, 0) is 11.4 Å². The van der Waals surface area contributed by atoms with Crippen LogP contribution >= 0.6 is 0 Å². The first-order chi connectivity index (χ1) is 11.0. The van der Waals surface area contributed by atoms with Gasteiger partial charge in [-0.25, -0.2) is 13.9 Å². The Labute approximate surface area is 129 Å². The lowest BCUT2D eigenvalue weighted by Gasteiger charge is -2.15. The number of aryl methyl sites for hydroxylation is 1. The molecule has 2 aromatic rings. The number of rotatable bonds is 4. The smallest absolute Gasteiger partial charge is 0.330 e. The minimum atomic E-state index is -0.737. The second kappa shape index (κ2) is 6.05. The minimum absolute atomic E-state index is 0.183. The first kappa shape index (κ1) is 15.6. The molecule has 3 atom stereocenters. The molecule has 10 heteroatoms. The molecule has 1 saturated heterocycles. The molecular formula is C13H16FN5O4. The number of halogens is 1. The highest BCUT2D eigenvalue weighted by Gasteiger charge is 2.38. The van der Waals surface area contributed by atoms with E-state index in [1.165, 1.54) is 21.6 Å². The number of aromatic nitrogens is 5. The third-order valence-corrected chi connectivity index (χ3v) is 3.87. The number of ether oxygens (including phenoxy) is 1. The maximum Gasteiger partial charge on any atom is 0.330 e. The van der Waals surface area contributed by atoms with E-state index in [1.54, 1.807) is 6.92 Å². The number of hydrogen-bond acceptors (Lipinski definition) is 6. The average Bonchev–Trinajstić information content (AvgIpc) is 3.16. The molecule has 23 heavy (non-hydrogen) atoms. The zero-order valence-electron chi connectivity index (χ0n) is 12.3. The van der Waals surface area contributed by atoms with E-state index in [2.05, 4.69) is 15.3 Å². The van der Waals surface area contributed by atoms with Crippen LogP contribution in [0.3, 0.4) is 0 Å². The zero-order chi connectivity index (χ0) is 16.6. The van der Waals surface area contributed by atoms with Gasteiger partial charge in [-0.3, -0.25) is 14.3 Å². The molecule has 3 heterocycles. The second-order valence-corrected chi connectivity index (χ2v) is 5.42. The fourth-order valence-corrected chi connectivity index (χ4v) is 2.67. The Hall–Kier alpha value is -2.33. The maximum atomic E-state index is 12.6. The molecule has 1 fully saturated rings. The molecule has 0 unspecified atom stereocenters. The molecule has 9 nitrogen and oxygen atoms in total. The van der Waals surface area contributed by atoms with E-state index in [0.29, 0.717) is 12.0 Å². The third-order valence-electron chi connectivity index (χ3n) is 3.87. The van der Waals surface area contributed by atoms with Gasteiger partial charge < -0.3 is 9.84 Å². The van der Waals surface area contributed by atoms with Gasteiger partial charge in [0.1, 0.15) is 24.7 Å². The number of nitrogens with one attached hydrogen (secondary N) is 1. The highest BCUT2D eigenvalue weighted by Crippen LogP contribution is 2.35. The number of nitrogens with zero attached hydrogens (tertiary/aromatic N) is 4. The first-order valence-corrected chi connectivity index (χ1v) is 7.08. The van der Waals surface area contributed by atoms with E-state index in [-0.39, 0.29) is 12.3 Å². The Morgan fingerprint density at radius 1 is 1.48 bits per heavy atom. The van der Waals surface area contributed by atoms with Crippen molar-refractivity contribution in [1.82, 2.24) is 24.5 Å². The van der Waals surface area contributed by atoms with Crippen LogP contribution in [0.25, 0.3) is 0 Å². The summed E-state index contributed by atoms with van der Waals surface area (Å²) in [5.41, 5.74) is -0.491. The first-order valence-electron chi connectivity index (χ1n) is 7.08. The quantitative estimate of drug-likeness (QED) is 0.778. The van der Waals surface area contributed by atoms with Gasteiger partial charge in [-0.05, 0) is 6.92 Å².